The molecule has 4 rings (SSSR count). The van der Waals surface area contributed by atoms with Crippen molar-refractivity contribution in [1.82, 2.24) is 9.55 Å². The third-order valence-corrected chi connectivity index (χ3v) is 5.47. The van der Waals surface area contributed by atoms with Crippen LogP contribution in [-0.2, 0) is 17.8 Å². The van der Waals surface area contributed by atoms with Crippen LogP contribution in [-0.4, -0.2) is 22.1 Å². The average Bonchev–Trinajstić information content (AvgIpc) is 2.87. The van der Waals surface area contributed by atoms with E-state index in [9.17, 15) is 13.6 Å². The number of aromatic nitrogens is 2. The number of nitrogens with one attached hydrogen (secondary N) is 1. The molecule has 2 heterocycles. The number of hydrogen-bond acceptors (Lipinski definition) is 3. The van der Waals surface area contributed by atoms with E-state index in [1.54, 1.807) is 12.1 Å². The third kappa shape index (κ3) is 4.70. The molecule has 0 bridgehead atoms. The monoisotopic (exact) mass is 475 g/mol. The first kappa shape index (κ1) is 20.5. The van der Waals surface area contributed by atoms with Gasteiger partial charge >= 0.3 is 6.61 Å². The highest BCUT2D eigenvalue weighted by molar-refractivity contribution is 9.10. The van der Waals surface area contributed by atoms with Gasteiger partial charge in [-0.3, -0.25) is 4.79 Å². The second-order valence-corrected chi connectivity index (χ2v) is 7.99. The molecule has 1 amide bonds. The molecule has 30 heavy (non-hydrogen) atoms. The first-order valence-corrected chi connectivity index (χ1v) is 10.5. The maximum Gasteiger partial charge on any atom is 0.387 e. The van der Waals surface area contributed by atoms with Crippen molar-refractivity contribution in [3.63, 3.8) is 0 Å². The Morgan fingerprint density at radius 3 is 2.90 bits per heavy atom. The average molecular weight is 476 g/mol. The van der Waals surface area contributed by atoms with Gasteiger partial charge in [-0.25, -0.2) is 4.98 Å². The summed E-state index contributed by atoms with van der Waals surface area (Å²) in [5, 5.41) is 2.80. The SMILES string of the molecule is O=C(/C=C/c1cc(Br)ccc1OC(F)F)Nc1ccc2c(c1)nc1n2CCCCC1. The van der Waals surface area contributed by atoms with Crippen LogP contribution in [0.1, 0.15) is 30.7 Å². The first-order valence-electron chi connectivity index (χ1n) is 9.72. The summed E-state index contributed by atoms with van der Waals surface area (Å²) in [7, 11) is 0. The standard InChI is InChI=1S/C22H20BrF2N3O2/c23-15-6-9-19(30-22(24)25)14(12-15)5-10-21(29)26-16-7-8-18-17(13-16)27-20-4-2-1-3-11-28(18)20/h5-10,12-13,22H,1-4,11H2,(H,26,29)/b10-5+. The normalized spacial score (nSPS) is 14.1. The molecule has 156 valence electrons. The van der Waals surface area contributed by atoms with E-state index in [4.69, 9.17) is 4.98 Å². The fourth-order valence-corrected chi connectivity index (χ4v) is 4.01. The summed E-state index contributed by atoms with van der Waals surface area (Å²) < 4.78 is 32.6. The lowest BCUT2D eigenvalue weighted by molar-refractivity contribution is -0.111. The van der Waals surface area contributed by atoms with Crippen molar-refractivity contribution in [3.05, 3.63) is 58.3 Å². The van der Waals surface area contributed by atoms with Crippen molar-refractivity contribution < 1.29 is 18.3 Å². The summed E-state index contributed by atoms with van der Waals surface area (Å²) in [6.45, 7) is -1.97. The maximum atomic E-state index is 12.6. The summed E-state index contributed by atoms with van der Waals surface area (Å²) in [6.07, 6.45) is 7.20. The minimum atomic E-state index is -2.94. The molecule has 1 aliphatic rings. The summed E-state index contributed by atoms with van der Waals surface area (Å²) in [4.78, 5) is 17.1. The summed E-state index contributed by atoms with van der Waals surface area (Å²) in [6, 6.07) is 10.3. The number of anilines is 1. The number of hydrogen-bond donors (Lipinski definition) is 1. The van der Waals surface area contributed by atoms with Crippen LogP contribution in [0.3, 0.4) is 0 Å². The van der Waals surface area contributed by atoms with E-state index in [0.717, 1.165) is 42.7 Å². The topological polar surface area (TPSA) is 56.1 Å². The van der Waals surface area contributed by atoms with Gasteiger partial charge in [0.05, 0.1) is 11.0 Å². The van der Waals surface area contributed by atoms with E-state index in [1.165, 1.54) is 24.6 Å². The summed E-state index contributed by atoms with van der Waals surface area (Å²) in [5.74, 6) is 0.711. The van der Waals surface area contributed by atoms with Crippen LogP contribution in [0.25, 0.3) is 17.1 Å². The highest BCUT2D eigenvalue weighted by Crippen LogP contribution is 2.27. The van der Waals surface area contributed by atoms with Crippen molar-refractivity contribution in [3.8, 4) is 5.75 Å². The molecule has 0 saturated carbocycles. The van der Waals surface area contributed by atoms with Crippen LogP contribution in [0.5, 0.6) is 5.75 Å². The van der Waals surface area contributed by atoms with Crippen molar-refractivity contribution in [2.45, 2.75) is 38.8 Å². The number of alkyl halides is 2. The highest BCUT2D eigenvalue weighted by atomic mass is 79.9. The number of aryl methyl sites for hydroxylation is 2. The van der Waals surface area contributed by atoms with Gasteiger partial charge in [0.15, 0.2) is 0 Å². The van der Waals surface area contributed by atoms with Gasteiger partial charge in [-0.1, -0.05) is 22.4 Å². The number of fused-ring (bicyclic) bond motifs is 3. The fraction of sp³-hybridized carbons (Fsp3) is 0.273. The molecule has 0 spiro atoms. The van der Waals surface area contributed by atoms with Crippen molar-refractivity contribution in [2.75, 3.05) is 5.32 Å². The molecule has 1 N–H and O–H groups in total. The number of nitrogens with zero attached hydrogens (tertiary/aromatic N) is 2. The Kier molecular flexibility index (Phi) is 6.13. The summed E-state index contributed by atoms with van der Waals surface area (Å²) in [5.41, 5.74) is 2.92. The molecule has 0 aliphatic carbocycles. The van der Waals surface area contributed by atoms with Gasteiger partial charge < -0.3 is 14.6 Å². The zero-order valence-electron chi connectivity index (χ0n) is 16.1. The number of rotatable bonds is 5. The molecule has 0 saturated heterocycles. The van der Waals surface area contributed by atoms with Gasteiger partial charge in [0.1, 0.15) is 11.6 Å². The Balaban J connectivity index is 1.50. The van der Waals surface area contributed by atoms with E-state index in [0.29, 0.717) is 15.7 Å². The molecule has 1 aromatic heterocycles. The van der Waals surface area contributed by atoms with Crippen LogP contribution in [0, 0.1) is 0 Å². The Hall–Kier alpha value is -2.74. The Labute approximate surface area is 180 Å². The second-order valence-electron chi connectivity index (χ2n) is 7.08. The van der Waals surface area contributed by atoms with E-state index in [2.05, 4.69) is 30.6 Å². The van der Waals surface area contributed by atoms with Gasteiger partial charge in [-0.05, 0) is 55.3 Å². The molecule has 0 unspecified atom stereocenters. The number of carbonyl (C=O) groups is 1. The molecule has 0 radical (unpaired) electrons. The maximum absolute atomic E-state index is 12.6. The number of ether oxygens (including phenoxy) is 1. The van der Waals surface area contributed by atoms with E-state index >= 15 is 0 Å². The predicted octanol–water partition coefficient (Wildman–Crippen LogP) is 5.78. The fourth-order valence-electron chi connectivity index (χ4n) is 3.63. The molecule has 1 aliphatic heterocycles. The molecular weight excluding hydrogens is 456 g/mol. The Morgan fingerprint density at radius 2 is 2.07 bits per heavy atom. The zero-order chi connectivity index (χ0) is 21.1. The lowest BCUT2D eigenvalue weighted by Gasteiger charge is -2.08. The highest BCUT2D eigenvalue weighted by Gasteiger charge is 2.14. The van der Waals surface area contributed by atoms with E-state index in [1.807, 2.05) is 18.2 Å². The van der Waals surface area contributed by atoms with Crippen molar-refractivity contribution >= 4 is 44.6 Å². The number of benzene rings is 2. The Bertz CT molecular complexity index is 1110. The summed E-state index contributed by atoms with van der Waals surface area (Å²) >= 11 is 3.29. The lowest BCUT2D eigenvalue weighted by atomic mass is 10.2. The van der Waals surface area contributed by atoms with Gasteiger partial charge in [0.25, 0.3) is 0 Å². The van der Waals surface area contributed by atoms with Gasteiger partial charge in [0, 0.05) is 34.8 Å². The minimum Gasteiger partial charge on any atom is -0.434 e. The van der Waals surface area contributed by atoms with E-state index < -0.39 is 6.61 Å². The number of imidazole rings is 1. The van der Waals surface area contributed by atoms with Crippen molar-refractivity contribution in [2.24, 2.45) is 0 Å². The molecule has 3 aromatic rings. The smallest absolute Gasteiger partial charge is 0.387 e. The van der Waals surface area contributed by atoms with E-state index in [-0.39, 0.29) is 11.7 Å². The predicted molar refractivity (Wildman–Crippen MR) is 116 cm³/mol. The largest absolute Gasteiger partial charge is 0.434 e. The van der Waals surface area contributed by atoms with Gasteiger partial charge in [-0.15, -0.1) is 0 Å². The molecule has 8 heteroatoms. The van der Waals surface area contributed by atoms with Crippen LogP contribution < -0.4 is 10.1 Å². The van der Waals surface area contributed by atoms with Crippen LogP contribution in [0.2, 0.25) is 0 Å². The van der Waals surface area contributed by atoms with Crippen molar-refractivity contribution in [1.29, 1.82) is 0 Å². The number of amides is 1. The van der Waals surface area contributed by atoms with Gasteiger partial charge in [0.2, 0.25) is 5.91 Å². The van der Waals surface area contributed by atoms with Crippen LogP contribution in [0.15, 0.2) is 46.9 Å². The first-order chi connectivity index (χ1) is 14.5. The molecule has 0 fully saturated rings. The number of carbonyl (C=O) groups excluding carboxylic acids is 1. The second kappa shape index (κ2) is 8.95. The van der Waals surface area contributed by atoms with Gasteiger partial charge in [-0.2, -0.15) is 8.78 Å². The molecule has 5 nitrogen and oxygen atoms in total. The molecular formula is C22H20BrF2N3O2. The molecule has 0 atom stereocenters. The third-order valence-electron chi connectivity index (χ3n) is 4.98. The zero-order valence-corrected chi connectivity index (χ0v) is 17.7. The number of halogens is 3. The minimum absolute atomic E-state index is 0.00169. The van der Waals surface area contributed by atoms with Crippen LogP contribution in [0.4, 0.5) is 14.5 Å². The Morgan fingerprint density at radius 1 is 1.20 bits per heavy atom. The molecule has 2 aromatic carbocycles. The lowest BCUT2D eigenvalue weighted by Crippen LogP contribution is -2.08. The van der Waals surface area contributed by atoms with Crippen LogP contribution >= 0.6 is 15.9 Å². The quantitative estimate of drug-likeness (QED) is 0.475.